The molecule has 38 valence electrons. The zero-order valence-electron chi connectivity index (χ0n) is 5.13. The summed E-state index contributed by atoms with van der Waals surface area (Å²) in [5.41, 5.74) is 1.06. The summed E-state index contributed by atoms with van der Waals surface area (Å²) in [6, 6.07) is 0. The standard InChI is InChI=1S/C4H3B3N2/c1-9-4(7)2(5)3(6)8-9/h1H3. The first-order chi connectivity index (χ1) is 4.13. The summed E-state index contributed by atoms with van der Waals surface area (Å²) in [7, 11) is 17.8. The van der Waals surface area contributed by atoms with Crippen molar-refractivity contribution in [2.75, 3.05) is 0 Å². The maximum absolute atomic E-state index is 5.40. The van der Waals surface area contributed by atoms with E-state index >= 15 is 0 Å². The maximum Gasteiger partial charge on any atom is 0.143 e. The van der Waals surface area contributed by atoms with Crippen LogP contribution in [0.1, 0.15) is 0 Å². The van der Waals surface area contributed by atoms with Crippen LogP contribution in [-0.2, 0) is 7.05 Å². The van der Waals surface area contributed by atoms with Gasteiger partial charge in [-0.15, -0.1) is 0 Å². The molecule has 0 saturated carbocycles. The van der Waals surface area contributed by atoms with Crippen LogP contribution in [0.2, 0.25) is 0 Å². The van der Waals surface area contributed by atoms with Gasteiger partial charge in [0.2, 0.25) is 0 Å². The molecule has 0 amide bonds. The number of aromatic nitrogens is 2. The summed E-state index contributed by atoms with van der Waals surface area (Å²) in [5.74, 6) is 0. The molecule has 0 bridgehead atoms. The summed E-state index contributed by atoms with van der Waals surface area (Å²) in [5, 5.41) is 3.75. The van der Waals surface area contributed by atoms with E-state index < -0.39 is 0 Å². The largest absolute Gasteiger partial charge is 0.285 e. The van der Waals surface area contributed by atoms with Crippen molar-refractivity contribution in [3.05, 3.63) is 0 Å². The lowest BCUT2D eigenvalue weighted by Gasteiger charge is -1.92. The van der Waals surface area contributed by atoms with Crippen molar-refractivity contribution in [3.8, 4) is 0 Å². The highest BCUT2D eigenvalue weighted by Crippen LogP contribution is 1.61. The fraction of sp³-hybridized carbons (Fsp3) is 0.250. The summed E-state index contributed by atoms with van der Waals surface area (Å²) in [6.45, 7) is 0. The molecular formula is C4H3B3N2. The molecule has 1 aromatic rings. The summed E-state index contributed by atoms with van der Waals surface area (Å²) < 4.78 is 1.44. The molecule has 0 aliphatic heterocycles. The second-order valence-electron chi connectivity index (χ2n) is 1.81. The molecular weight excluding hydrogens is 108 g/mol. The molecule has 1 rings (SSSR count). The first kappa shape index (κ1) is 6.52. The zero-order chi connectivity index (χ0) is 7.02. The van der Waals surface area contributed by atoms with Crippen molar-refractivity contribution in [2.45, 2.75) is 0 Å². The molecule has 0 aliphatic rings. The third-order valence-corrected chi connectivity index (χ3v) is 1.16. The van der Waals surface area contributed by atoms with Crippen LogP contribution < -0.4 is 16.6 Å². The first-order valence-corrected chi connectivity index (χ1v) is 2.46. The SMILES string of the molecule is [B]c1nn(C)c([B])c1[B]. The molecule has 5 heteroatoms. The summed E-state index contributed by atoms with van der Waals surface area (Å²) in [6.07, 6.45) is 0. The Balaban J connectivity index is 3.29. The molecule has 1 heterocycles. The van der Waals surface area contributed by atoms with Crippen LogP contribution in [0.3, 0.4) is 0 Å². The van der Waals surface area contributed by atoms with E-state index in [0.717, 1.165) is 0 Å². The van der Waals surface area contributed by atoms with Gasteiger partial charge < -0.3 is 0 Å². The Bertz CT molecular complexity index is 207. The van der Waals surface area contributed by atoms with Crippen LogP contribution in [-0.4, -0.2) is 33.3 Å². The topological polar surface area (TPSA) is 17.8 Å². The fourth-order valence-corrected chi connectivity index (χ4v) is 0.575. The van der Waals surface area contributed by atoms with Crippen molar-refractivity contribution in [3.63, 3.8) is 0 Å². The highest BCUT2D eigenvalue weighted by molar-refractivity contribution is 6.56. The molecule has 0 aliphatic carbocycles. The maximum atomic E-state index is 5.40. The number of rotatable bonds is 0. The molecule has 0 unspecified atom stereocenters. The quantitative estimate of drug-likeness (QED) is 0.323. The Labute approximate surface area is 57.9 Å². The third-order valence-electron chi connectivity index (χ3n) is 1.16. The molecule has 9 heavy (non-hydrogen) atoms. The Morgan fingerprint density at radius 1 is 1.33 bits per heavy atom. The van der Waals surface area contributed by atoms with Gasteiger partial charge in [-0.1, -0.05) is 5.46 Å². The minimum atomic E-state index is 0.287. The Morgan fingerprint density at radius 2 is 1.89 bits per heavy atom. The van der Waals surface area contributed by atoms with E-state index in [1.807, 2.05) is 0 Å². The molecule has 0 atom stereocenters. The minimum Gasteiger partial charge on any atom is -0.285 e. The minimum absolute atomic E-state index is 0.287. The normalized spacial score (nSPS) is 9.89. The summed E-state index contributed by atoms with van der Waals surface area (Å²) >= 11 is 0. The van der Waals surface area contributed by atoms with Gasteiger partial charge in [-0.2, -0.15) is 5.10 Å². The highest BCUT2D eigenvalue weighted by Gasteiger charge is 1.99. The fourth-order valence-electron chi connectivity index (χ4n) is 0.575. The van der Waals surface area contributed by atoms with Gasteiger partial charge in [0.05, 0.1) is 0 Å². The first-order valence-electron chi connectivity index (χ1n) is 2.46. The van der Waals surface area contributed by atoms with Gasteiger partial charge in [0, 0.05) is 12.6 Å². The predicted molar refractivity (Wildman–Crippen MR) is 39.4 cm³/mol. The molecule has 0 aromatic carbocycles. The van der Waals surface area contributed by atoms with Gasteiger partial charge in [0.1, 0.15) is 23.5 Å². The average molecular weight is 112 g/mol. The van der Waals surface area contributed by atoms with Gasteiger partial charge in [-0.3, -0.25) is 4.68 Å². The summed E-state index contributed by atoms with van der Waals surface area (Å²) in [4.78, 5) is 0. The van der Waals surface area contributed by atoms with Crippen LogP contribution in [0, 0.1) is 0 Å². The van der Waals surface area contributed by atoms with Crippen LogP contribution in [0.25, 0.3) is 0 Å². The monoisotopic (exact) mass is 112 g/mol. The van der Waals surface area contributed by atoms with Crippen molar-refractivity contribution < 1.29 is 0 Å². The second kappa shape index (κ2) is 1.97. The van der Waals surface area contributed by atoms with E-state index in [9.17, 15) is 0 Å². The van der Waals surface area contributed by atoms with Gasteiger partial charge in [0.25, 0.3) is 0 Å². The molecule has 2 nitrogen and oxygen atoms in total. The lowest BCUT2D eigenvalue weighted by atomic mass is 9.80. The molecule has 0 N–H and O–H groups in total. The van der Waals surface area contributed by atoms with Crippen LogP contribution in [0.15, 0.2) is 0 Å². The van der Waals surface area contributed by atoms with E-state index in [1.165, 1.54) is 4.68 Å². The Kier molecular flexibility index (Phi) is 1.43. The second-order valence-corrected chi connectivity index (χ2v) is 1.81. The van der Waals surface area contributed by atoms with Crippen molar-refractivity contribution in [2.24, 2.45) is 7.05 Å². The van der Waals surface area contributed by atoms with Crippen LogP contribution in [0.5, 0.6) is 0 Å². The lowest BCUT2D eigenvalue weighted by Crippen LogP contribution is -2.35. The molecule has 1 aromatic heterocycles. The predicted octanol–water partition coefficient (Wildman–Crippen LogP) is -3.20. The van der Waals surface area contributed by atoms with Crippen LogP contribution >= 0.6 is 0 Å². The van der Waals surface area contributed by atoms with E-state index in [1.54, 1.807) is 7.05 Å². The smallest absolute Gasteiger partial charge is 0.143 e. The Morgan fingerprint density at radius 3 is 2.00 bits per heavy atom. The van der Waals surface area contributed by atoms with Gasteiger partial charge in [0.15, 0.2) is 0 Å². The van der Waals surface area contributed by atoms with Crippen molar-refractivity contribution in [1.29, 1.82) is 0 Å². The van der Waals surface area contributed by atoms with Gasteiger partial charge in [-0.05, 0) is 5.59 Å². The molecule has 0 spiro atoms. The molecule has 0 fully saturated rings. The van der Waals surface area contributed by atoms with E-state index in [2.05, 4.69) is 5.10 Å². The molecule has 6 radical (unpaired) electrons. The lowest BCUT2D eigenvalue weighted by molar-refractivity contribution is 0.799. The van der Waals surface area contributed by atoms with Crippen molar-refractivity contribution >= 4 is 40.2 Å². The van der Waals surface area contributed by atoms with Gasteiger partial charge >= 0.3 is 0 Å². The third kappa shape index (κ3) is 0.912. The highest BCUT2D eigenvalue weighted by atomic mass is 15.3. The Hall–Kier alpha value is -0.595. The van der Waals surface area contributed by atoms with E-state index in [4.69, 9.17) is 23.5 Å². The van der Waals surface area contributed by atoms with Crippen LogP contribution in [0.4, 0.5) is 0 Å². The molecule has 0 saturated heterocycles. The zero-order valence-corrected chi connectivity index (χ0v) is 5.13. The van der Waals surface area contributed by atoms with Crippen molar-refractivity contribution in [1.82, 2.24) is 9.78 Å². The number of hydrogen-bond donors (Lipinski definition) is 0. The average Bonchev–Trinajstić information content (AvgIpc) is 1.98. The van der Waals surface area contributed by atoms with Gasteiger partial charge in [-0.25, -0.2) is 0 Å². The number of nitrogens with zero attached hydrogens (tertiary/aromatic N) is 2. The number of hydrogen-bond acceptors (Lipinski definition) is 1. The number of aryl methyl sites for hydroxylation is 1. The van der Waals surface area contributed by atoms with E-state index in [0.29, 0.717) is 11.1 Å². The van der Waals surface area contributed by atoms with E-state index in [-0.39, 0.29) is 5.59 Å².